The van der Waals surface area contributed by atoms with E-state index in [1.807, 2.05) is 26.8 Å². The molecule has 1 aromatic rings. The molecule has 1 atom stereocenters. The molecule has 1 aromatic carbocycles. The van der Waals surface area contributed by atoms with Crippen LogP contribution in [0.3, 0.4) is 0 Å². The minimum Gasteiger partial charge on any atom is -0.444 e. The van der Waals surface area contributed by atoms with Gasteiger partial charge in [-0.05, 0) is 57.7 Å². The van der Waals surface area contributed by atoms with Crippen LogP contribution in [-0.4, -0.2) is 23.6 Å². The van der Waals surface area contributed by atoms with Gasteiger partial charge in [0.25, 0.3) is 0 Å². The van der Waals surface area contributed by atoms with Gasteiger partial charge in [0.2, 0.25) is 5.91 Å². The van der Waals surface area contributed by atoms with E-state index in [1.54, 1.807) is 32.9 Å². The third-order valence-corrected chi connectivity index (χ3v) is 3.41. The van der Waals surface area contributed by atoms with Crippen LogP contribution in [0, 0.1) is 12.8 Å². The first kappa shape index (κ1) is 20.3. The molecule has 2 amide bonds. The fourth-order valence-electron chi connectivity index (χ4n) is 2.10. The van der Waals surface area contributed by atoms with E-state index in [4.69, 9.17) is 16.3 Å². The van der Waals surface area contributed by atoms with E-state index in [2.05, 4.69) is 10.6 Å². The number of aryl methyl sites for hydroxylation is 1. The van der Waals surface area contributed by atoms with Crippen molar-refractivity contribution in [2.24, 2.45) is 5.92 Å². The minimum absolute atomic E-state index is 0.233. The van der Waals surface area contributed by atoms with Gasteiger partial charge < -0.3 is 15.4 Å². The standard InChI is InChI=1S/C18H27ClN2O3/c1-11(2)9-15(21-17(23)24-18(4,5)6)16(22)20-14-10-13(19)8-7-12(14)3/h7-8,10-11,15H,9H2,1-6H3,(H,20,22)(H,21,23). The van der Waals surface area contributed by atoms with Crippen LogP contribution in [0.4, 0.5) is 10.5 Å². The van der Waals surface area contributed by atoms with Crippen molar-refractivity contribution in [3.05, 3.63) is 28.8 Å². The van der Waals surface area contributed by atoms with Gasteiger partial charge in [0.1, 0.15) is 11.6 Å². The summed E-state index contributed by atoms with van der Waals surface area (Å²) in [5.74, 6) is -0.0592. The highest BCUT2D eigenvalue weighted by Gasteiger charge is 2.25. The molecular weight excluding hydrogens is 328 g/mol. The van der Waals surface area contributed by atoms with Crippen molar-refractivity contribution in [3.63, 3.8) is 0 Å². The molecule has 0 saturated heterocycles. The molecule has 2 N–H and O–H groups in total. The zero-order valence-electron chi connectivity index (χ0n) is 15.2. The Morgan fingerprint density at radius 1 is 1.25 bits per heavy atom. The average Bonchev–Trinajstić information content (AvgIpc) is 2.39. The molecule has 6 heteroatoms. The molecule has 0 heterocycles. The van der Waals surface area contributed by atoms with Gasteiger partial charge in [-0.1, -0.05) is 31.5 Å². The zero-order chi connectivity index (χ0) is 18.5. The number of benzene rings is 1. The number of nitrogens with one attached hydrogen (secondary N) is 2. The van der Waals surface area contributed by atoms with Gasteiger partial charge in [-0.3, -0.25) is 4.79 Å². The molecule has 0 aliphatic carbocycles. The predicted octanol–water partition coefficient (Wildman–Crippen LogP) is 4.53. The molecule has 0 bridgehead atoms. The highest BCUT2D eigenvalue weighted by molar-refractivity contribution is 6.31. The van der Waals surface area contributed by atoms with E-state index in [9.17, 15) is 9.59 Å². The molecule has 0 radical (unpaired) electrons. The summed E-state index contributed by atoms with van der Waals surface area (Å²) in [7, 11) is 0. The smallest absolute Gasteiger partial charge is 0.408 e. The Bertz CT molecular complexity index is 594. The van der Waals surface area contributed by atoms with Crippen LogP contribution >= 0.6 is 11.6 Å². The molecule has 5 nitrogen and oxygen atoms in total. The van der Waals surface area contributed by atoms with Crippen molar-refractivity contribution in [2.45, 2.75) is 59.6 Å². The van der Waals surface area contributed by atoms with E-state index in [0.29, 0.717) is 17.1 Å². The van der Waals surface area contributed by atoms with E-state index in [1.165, 1.54) is 0 Å². The van der Waals surface area contributed by atoms with Crippen molar-refractivity contribution in [1.82, 2.24) is 5.32 Å². The highest BCUT2D eigenvalue weighted by atomic mass is 35.5. The predicted molar refractivity (Wildman–Crippen MR) is 97.4 cm³/mol. The fourth-order valence-corrected chi connectivity index (χ4v) is 2.27. The Hall–Kier alpha value is -1.75. The molecule has 0 fully saturated rings. The summed E-state index contributed by atoms with van der Waals surface area (Å²) in [6.45, 7) is 11.2. The van der Waals surface area contributed by atoms with Crippen LogP contribution in [-0.2, 0) is 9.53 Å². The van der Waals surface area contributed by atoms with Crippen LogP contribution in [0.25, 0.3) is 0 Å². The lowest BCUT2D eigenvalue weighted by atomic mass is 10.0. The maximum Gasteiger partial charge on any atom is 0.408 e. The van der Waals surface area contributed by atoms with Crippen LogP contribution in [0.1, 0.15) is 46.6 Å². The topological polar surface area (TPSA) is 67.4 Å². The number of halogens is 1. The number of alkyl carbamates (subject to hydrolysis) is 1. The van der Waals surface area contributed by atoms with E-state index in [-0.39, 0.29) is 11.8 Å². The second-order valence-corrected chi connectivity index (χ2v) is 7.71. The van der Waals surface area contributed by atoms with Crippen molar-refractivity contribution in [3.8, 4) is 0 Å². The molecule has 0 spiro atoms. The second-order valence-electron chi connectivity index (χ2n) is 7.28. The van der Waals surface area contributed by atoms with E-state index < -0.39 is 17.7 Å². The number of amides is 2. The zero-order valence-corrected chi connectivity index (χ0v) is 16.0. The van der Waals surface area contributed by atoms with Crippen LogP contribution in [0.2, 0.25) is 5.02 Å². The highest BCUT2D eigenvalue weighted by Crippen LogP contribution is 2.21. The minimum atomic E-state index is -0.682. The first-order valence-electron chi connectivity index (χ1n) is 8.04. The largest absolute Gasteiger partial charge is 0.444 e. The van der Waals surface area contributed by atoms with Gasteiger partial charge in [0.15, 0.2) is 0 Å². The van der Waals surface area contributed by atoms with Gasteiger partial charge in [-0.2, -0.15) is 0 Å². The average molecular weight is 355 g/mol. The summed E-state index contributed by atoms with van der Waals surface area (Å²) >= 11 is 5.98. The lowest BCUT2D eigenvalue weighted by Gasteiger charge is -2.24. The molecule has 0 aliphatic rings. The van der Waals surface area contributed by atoms with Crippen LogP contribution in [0.5, 0.6) is 0 Å². The maximum absolute atomic E-state index is 12.6. The van der Waals surface area contributed by atoms with Crippen molar-refractivity contribution in [2.75, 3.05) is 5.32 Å². The van der Waals surface area contributed by atoms with Crippen molar-refractivity contribution in [1.29, 1.82) is 0 Å². The molecule has 0 saturated carbocycles. The van der Waals surface area contributed by atoms with E-state index >= 15 is 0 Å². The Kier molecular flexibility index (Phi) is 7.08. The van der Waals surface area contributed by atoms with Crippen LogP contribution in [0.15, 0.2) is 18.2 Å². The number of hydrogen-bond donors (Lipinski definition) is 2. The molecule has 0 aliphatic heterocycles. The third-order valence-electron chi connectivity index (χ3n) is 3.17. The summed E-state index contributed by atoms with van der Waals surface area (Å²) < 4.78 is 5.24. The summed E-state index contributed by atoms with van der Waals surface area (Å²) in [5, 5.41) is 6.02. The number of carbonyl (C=O) groups excluding carboxylic acids is 2. The summed E-state index contributed by atoms with van der Waals surface area (Å²) in [5.41, 5.74) is 0.910. The molecule has 0 aromatic heterocycles. The Balaban J connectivity index is 2.85. The Labute approximate surface area is 149 Å². The number of anilines is 1. The molecular formula is C18H27ClN2O3. The lowest BCUT2D eigenvalue weighted by molar-refractivity contribution is -0.118. The number of hydrogen-bond acceptors (Lipinski definition) is 3. The van der Waals surface area contributed by atoms with Gasteiger partial charge in [-0.25, -0.2) is 4.79 Å². The molecule has 24 heavy (non-hydrogen) atoms. The number of carbonyl (C=O) groups is 2. The van der Waals surface area contributed by atoms with Gasteiger partial charge in [0.05, 0.1) is 0 Å². The maximum atomic E-state index is 12.6. The lowest BCUT2D eigenvalue weighted by Crippen LogP contribution is -2.46. The fraction of sp³-hybridized carbons (Fsp3) is 0.556. The quantitative estimate of drug-likeness (QED) is 0.816. The number of rotatable bonds is 5. The van der Waals surface area contributed by atoms with E-state index in [0.717, 1.165) is 5.56 Å². The summed E-state index contributed by atoms with van der Waals surface area (Å²) in [6, 6.07) is 4.60. The van der Waals surface area contributed by atoms with Crippen molar-refractivity contribution < 1.29 is 14.3 Å². The Morgan fingerprint density at radius 3 is 2.42 bits per heavy atom. The normalized spacial score (nSPS) is 12.7. The second kappa shape index (κ2) is 8.38. The Morgan fingerprint density at radius 2 is 1.88 bits per heavy atom. The third kappa shape index (κ3) is 7.21. The summed E-state index contributed by atoms with van der Waals surface area (Å²) in [6.07, 6.45) is -0.101. The van der Waals surface area contributed by atoms with Crippen LogP contribution < -0.4 is 10.6 Å². The van der Waals surface area contributed by atoms with Gasteiger partial charge in [0, 0.05) is 10.7 Å². The molecule has 1 rings (SSSR count). The van der Waals surface area contributed by atoms with Gasteiger partial charge >= 0.3 is 6.09 Å². The summed E-state index contributed by atoms with van der Waals surface area (Å²) in [4.78, 5) is 24.6. The van der Waals surface area contributed by atoms with Crippen molar-refractivity contribution >= 4 is 29.3 Å². The first-order chi connectivity index (χ1) is 11.0. The number of ether oxygens (including phenoxy) is 1. The molecule has 1 unspecified atom stereocenters. The first-order valence-corrected chi connectivity index (χ1v) is 8.42. The monoisotopic (exact) mass is 354 g/mol. The SMILES string of the molecule is Cc1ccc(Cl)cc1NC(=O)C(CC(C)C)NC(=O)OC(C)(C)C. The van der Waals surface area contributed by atoms with Gasteiger partial charge in [-0.15, -0.1) is 0 Å². The molecule has 134 valence electrons.